The van der Waals surface area contributed by atoms with Crippen LogP contribution in [-0.4, -0.2) is 25.0 Å². The van der Waals surface area contributed by atoms with Gasteiger partial charge in [-0.05, 0) is 29.8 Å². The third-order valence-electron chi connectivity index (χ3n) is 3.42. The minimum atomic E-state index is -1.03. The molecule has 7 heteroatoms. The van der Waals surface area contributed by atoms with Crippen LogP contribution in [0.25, 0.3) is 0 Å². The van der Waals surface area contributed by atoms with Crippen LogP contribution < -0.4 is 15.8 Å². The van der Waals surface area contributed by atoms with Crippen LogP contribution in [0, 0.1) is 11.6 Å². The van der Waals surface area contributed by atoms with Crippen molar-refractivity contribution in [1.29, 1.82) is 0 Å². The zero-order valence-corrected chi connectivity index (χ0v) is 12.9. The summed E-state index contributed by atoms with van der Waals surface area (Å²) in [5.74, 6) is -2.77. The van der Waals surface area contributed by atoms with Crippen LogP contribution in [0.3, 0.4) is 0 Å². The van der Waals surface area contributed by atoms with Crippen molar-refractivity contribution in [2.45, 2.75) is 12.5 Å². The number of methoxy groups -OCH3 is 1. The Hall–Kier alpha value is -2.96. The first-order chi connectivity index (χ1) is 11.4. The van der Waals surface area contributed by atoms with Crippen molar-refractivity contribution in [1.82, 2.24) is 5.32 Å². The second-order valence-electron chi connectivity index (χ2n) is 5.10. The van der Waals surface area contributed by atoms with Crippen molar-refractivity contribution in [2.24, 2.45) is 5.73 Å². The number of nitrogens with one attached hydrogen (secondary N) is 1. The van der Waals surface area contributed by atoms with E-state index in [4.69, 9.17) is 10.5 Å². The Morgan fingerprint density at radius 1 is 1.17 bits per heavy atom. The van der Waals surface area contributed by atoms with Crippen molar-refractivity contribution in [3.05, 3.63) is 65.2 Å². The Kier molecular flexibility index (Phi) is 5.47. The number of primary amides is 1. The van der Waals surface area contributed by atoms with E-state index < -0.39 is 29.5 Å². The third kappa shape index (κ3) is 4.28. The molecule has 0 heterocycles. The van der Waals surface area contributed by atoms with E-state index in [1.54, 1.807) is 24.3 Å². The van der Waals surface area contributed by atoms with E-state index in [0.717, 1.165) is 17.7 Å². The molecule has 0 aliphatic rings. The van der Waals surface area contributed by atoms with Crippen molar-refractivity contribution in [2.75, 3.05) is 7.11 Å². The monoisotopic (exact) mass is 334 g/mol. The topological polar surface area (TPSA) is 81.4 Å². The van der Waals surface area contributed by atoms with Crippen LogP contribution in [0.15, 0.2) is 42.5 Å². The lowest BCUT2D eigenvalue weighted by atomic mass is 10.0. The summed E-state index contributed by atoms with van der Waals surface area (Å²) >= 11 is 0. The number of halogens is 2. The predicted octanol–water partition coefficient (Wildman–Crippen LogP) is 1.80. The lowest BCUT2D eigenvalue weighted by Gasteiger charge is -2.16. The summed E-state index contributed by atoms with van der Waals surface area (Å²) < 4.78 is 31.6. The second kappa shape index (κ2) is 7.54. The number of carbonyl (C=O) groups excluding carboxylic acids is 2. The van der Waals surface area contributed by atoms with Gasteiger partial charge in [0.1, 0.15) is 23.4 Å². The highest BCUT2D eigenvalue weighted by atomic mass is 19.1. The van der Waals surface area contributed by atoms with E-state index >= 15 is 0 Å². The molecule has 0 unspecified atom stereocenters. The lowest BCUT2D eigenvalue weighted by Crippen LogP contribution is -2.46. The Bertz CT molecular complexity index is 748. The molecule has 2 rings (SSSR count). The highest BCUT2D eigenvalue weighted by Gasteiger charge is 2.21. The maximum Gasteiger partial charge on any atom is 0.254 e. The first-order valence-corrected chi connectivity index (χ1v) is 7.09. The van der Waals surface area contributed by atoms with Crippen LogP contribution in [0.2, 0.25) is 0 Å². The summed E-state index contributed by atoms with van der Waals surface area (Å²) in [4.78, 5) is 23.6. The minimum Gasteiger partial charge on any atom is -0.497 e. The fourth-order valence-corrected chi connectivity index (χ4v) is 2.13. The van der Waals surface area contributed by atoms with Gasteiger partial charge in [-0.3, -0.25) is 9.59 Å². The molecule has 126 valence electrons. The summed E-state index contributed by atoms with van der Waals surface area (Å²) in [6.45, 7) is 0. The van der Waals surface area contributed by atoms with Gasteiger partial charge in [0.05, 0.1) is 12.7 Å². The number of ether oxygens (including phenoxy) is 1. The fraction of sp³-hybridized carbons (Fsp3) is 0.176. The van der Waals surface area contributed by atoms with E-state index in [-0.39, 0.29) is 12.0 Å². The highest BCUT2D eigenvalue weighted by Crippen LogP contribution is 2.14. The van der Waals surface area contributed by atoms with Crippen LogP contribution in [0.5, 0.6) is 5.75 Å². The summed E-state index contributed by atoms with van der Waals surface area (Å²) in [5, 5.41) is 2.36. The first-order valence-electron chi connectivity index (χ1n) is 7.09. The van der Waals surface area contributed by atoms with Crippen LogP contribution in [0.1, 0.15) is 15.9 Å². The van der Waals surface area contributed by atoms with Crippen LogP contribution in [0.4, 0.5) is 8.78 Å². The molecule has 0 bridgehead atoms. The number of hydrogen-bond donors (Lipinski definition) is 2. The molecule has 2 amide bonds. The van der Waals surface area contributed by atoms with E-state index in [1.807, 2.05) is 0 Å². The van der Waals surface area contributed by atoms with Crippen molar-refractivity contribution in [3.63, 3.8) is 0 Å². The summed E-state index contributed by atoms with van der Waals surface area (Å²) in [6.07, 6.45) is 0.133. The summed E-state index contributed by atoms with van der Waals surface area (Å²) in [6, 6.07) is 8.38. The molecule has 1 atom stereocenters. The average molecular weight is 334 g/mol. The number of benzene rings is 2. The predicted molar refractivity (Wildman–Crippen MR) is 83.5 cm³/mol. The molecule has 3 N–H and O–H groups in total. The zero-order chi connectivity index (χ0) is 17.7. The van der Waals surface area contributed by atoms with Gasteiger partial charge in [-0.1, -0.05) is 12.1 Å². The maximum atomic E-state index is 13.6. The number of nitrogens with two attached hydrogens (primary N) is 1. The normalized spacial score (nSPS) is 11.6. The SMILES string of the molecule is COc1ccc(C[C@H](NC(=O)c2ccc(F)cc2F)C(N)=O)cc1. The summed E-state index contributed by atoms with van der Waals surface area (Å²) in [5.41, 5.74) is 5.67. The molecule has 0 radical (unpaired) electrons. The largest absolute Gasteiger partial charge is 0.497 e. The average Bonchev–Trinajstić information content (AvgIpc) is 2.54. The van der Waals surface area contributed by atoms with Gasteiger partial charge in [0, 0.05) is 12.5 Å². The lowest BCUT2D eigenvalue weighted by molar-refractivity contribution is -0.119. The van der Waals surface area contributed by atoms with E-state index in [9.17, 15) is 18.4 Å². The third-order valence-corrected chi connectivity index (χ3v) is 3.42. The number of amides is 2. The molecule has 0 aromatic heterocycles. The maximum absolute atomic E-state index is 13.6. The smallest absolute Gasteiger partial charge is 0.254 e. The van der Waals surface area contributed by atoms with Gasteiger partial charge in [0.25, 0.3) is 5.91 Å². The molecule has 0 saturated carbocycles. The van der Waals surface area contributed by atoms with Gasteiger partial charge < -0.3 is 15.8 Å². The van der Waals surface area contributed by atoms with E-state index in [0.29, 0.717) is 11.8 Å². The molecule has 5 nitrogen and oxygen atoms in total. The Morgan fingerprint density at radius 3 is 2.38 bits per heavy atom. The van der Waals surface area contributed by atoms with Gasteiger partial charge in [-0.25, -0.2) is 8.78 Å². The van der Waals surface area contributed by atoms with E-state index in [2.05, 4.69) is 5.32 Å². The van der Waals surface area contributed by atoms with Crippen LogP contribution >= 0.6 is 0 Å². The van der Waals surface area contributed by atoms with Gasteiger partial charge in [-0.15, -0.1) is 0 Å². The first kappa shape index (κ1) is 17.4. The van der Waals surface area contributed by atoms with Crippen LogP contribution in [-0.2, 0) is 11.2 Å². The molecular weight excluding hydrogens is 318 g/mol. The molecule has 0 spiro atoms. The fourth-order valence-electron chi connectivity index (χ4n) is 2.13. The molecule has 2 aromatic rings. The quantitative estimate of drug-likeness (QED) is 0.845. The van der Waals surface area contributed by atoms with Gasteiger partial charge in [0.2, 0.25) is 5.91 Å². The minimum absolute atomic E-state index is 0.133. The number of hydrogen-bond acceptors (Lipinski definition) is 3. The van der Waals surface area contributed by atoms with Gasteiger partial charge >= 0.3 is 0 Å². The zero-order valence-electron chi connectivity index (χ0n) is 12.9. The Balaban J connectivity index is 2.12. The second-order valence-corrected chi connectivity index (χ2v) is 5.10. The molecule has 24 heavy (non-hydrogen) atoms. The molecule has 0 aliphatic heterocycles. The Labute approximate surface area is 137 Å². The van der Waals surface area contributed by atoms with Crippen molar-refractivity contribution >= 4 is 11.8 Å². The Morgan fingerprint density at radius 2 is 1.83 bits per heavy atom. The number of carbonyl (C=O) groups is 2. The highest BCUT2D eigenvalue weighted by molar-refractivity contribution is 5.97. The number of rotatable bonds is 6. The summed E-state index contributed by atoms with van der Waals surface area (Å²) in [7, 11) is 1.53. The van der Waals surface area contributed by atoms with Gasteiger partial charge in [-0.2, -0.15) is 0 Å². The molecule has 0 aliphatic carbocycles. The van der Waals surface area contributed by atoms with E-state index in [1.165, 1.54) is 7.11 Å². The standard InChI is InChI=1S/C17H16F2N2O3/c1-24-12-5-2-10(3-6-12)8-15(16(20)22)21-17(23)13-7-4-11(18)9-14(13)19/h2-7,9,15H,8H2,1H3,(H2,20,22)(H,21,23)/t15-/m0/s1. The van der Waals surface area contributed by atoms with Crippen molar-refractivity contribution in [3.8, 4) is 5.75 Å². The molecule has 0 saturated heterocycles. The van der Waals surface area contributed by atoms with Gasteiger partial charge in [0.15, 0.2) is 0 Å². The van der Waals surface area contributed by atoms with Crippen molar-refractivity contribution < 1.29 is 23.1 Å². The molecule has 2 aromatic carbocycles. The molecule has 0 fully saturated rings. The molecular formula is C17H16F2N2O3.